The van der Waals surface area contributed by atoms with Crippen LogP contribution in [0.1, 0.15) is 60.3 Å². The summed E-state index contributed by atoms with van der Waals surface area (Å²) >= 11 is 0. The van der Waals surface area contributed by atoms with Crippen LogP contribution in [0.2, 0.25) is 0 Å². The molecule has 19 heavy (non-hydrogen) atoms. The minimum Gasteiger partial charge on any atom is -0.444 e. The molecule has 0 aliphatic carbocycles. The van der Waals surface area contributed by atoms with Crippen LogP contribution in [0.4, 0.5) is 4.79 Å². The van der Waals surface area contributed by atoms with Crippen LogP contribution < -0.4 is 0 Å². The fourth-order valence-corrected chi connectivity index (χ4v) is 2.71. The van der Waals surface area contributed by atoms with Crippen molar-refractivity contribution < 1.29 is 9.53 Å². The highest BCUT2D eigenvalue weighted by Crippen LogP contribution is 2.36. The number of amides is 1. The van der Waals surface area contributed by atoms with Gasteiger partial charge in [-0.05, 0) is 59.8 Å². The summed E-state index contributed by atoms with van der Waals surface area (Å²) < 4.78 is 5.49. The molecular weight excluding hydrogens is 238 g/mol. The van der Waals surface area contributed by atoms with Gasteiger partial charge in [0.2, 0.25) is 0 Å². The minimum absolute atomic E-state index is 0.122. The molecule has 1 saturated heterocycles. The Morgan fingerprint density at radius 3 is 2.63 bits per heavy atom. The monoisotopic (exact) mass is 265 g/mol. The smallest absolute Gasteiger partial charge is 0.410 e. The average Bonchev–Trinajstić information content (AvgIpc) is 2.51. The number of ether oxygens (including phenoxy) is 1. The summed E-state index contributed by atoms with van der Waals surface area (Å²) in [5.41, 5.74) is -0.558. The molecule has 0 bridgehead atoms. The van der Waals surface area contributed by atoms with E-state index in [0.717, 1.165) is 32.2 Å². The maximum absolute atomic E-state index is 12.2. The Labute approximate surface area is 117 Å². The minimum atomic E-state index is -0.436. The van der Waals surface area contributed by atoms with Crippen LogP contribution in [0.3, 0.4) is 0 Å². The van der Waals surface area contributed by atoms with Crippen molar-refractivity contribution in [2.45, 2.75) is 71.4 Å². The molecule has 1 heterocycles. The number of hydrogen-bond donors (Lipinski definition) is 0. The SMILES string of the molecule is C#CCCCC1CN(C(=O)OC(C)(C)C)C(C)(C)C1. The Morgan fingerprint density at radius 2 is 2.11 bits per heavy atom. The topological polar surface area (TPSA) is 29.5 Å². The zero-order chi connectivity index (χ0) is 14.7. The van der Waals surface area contributed by atoms with Gasteiger partial charge in [-0.25, -0.2) is 4.79 Å². The Kier molecular flexibility index (Phi) is 4.90. The van der Waals surface area contributed by atoms with E-state index in [0.29, 0.717) is 5.92 Å². The molecule has 1 unspecified atom stereocenters. The van der Waals surface area contributed by atoms with Gasteiger partial charge in [-0.1, -0.05) is 0 Å². The number of likely N-dealkylation sites (tertiary alicyclic amines) is 1. The molecule has 0 saturated carbocycles. The molecular formula is C16H27NO2. The first-order valence-corrected chi connectivity index (χ1v) is 7.10. The zero-order valence-electron chi connectivity index (χ0n) is 13.0. The van der Waals surface area contributed by atoms with Crippen LogP contribution in [0.5, 0.6) is 0 Å². The molecule has 3 heteroatoms. The molecule has 1 aliphatic heterocycles. The van der Waals surface area contributed by atoms with E-state index in [4.69, 9.17) is 11.2 Å². The van der Waals surface area contributed by atoms with Gasteiger partial charge in [-0.3, -0.25) is 0 Å². The van der Waals surface area contributed by atoms with E-state index < -0.39 is 5.60 Å². The van der Waals surface area contributed by atoms with E-state index in [1.807, 2.05) is 25.7 Å². The van der Waals surface area contributed by atoms with Crippen LogP contribution >= 0.6 is 0 Å². The number of nitrogens with zero attached hydrogens (tertiary/aromatic N) is 1. The lowest BCUT2D eigenvalue weighted by Gasteiger charge is -2.33. The third-order valence-electron chi connectivity index (χ3n) is 3.51. The number of hydrogen-bond acceptors (Lipinski definition) is 2. The van der Waals surface area contributed by atoms with Crippen molar-refractivity contribution in [1.82, 2.24) is 4.90 Å². The highest BCUT2D eigenvalue weighted by molar-refractivity contribution is 5.69. The van der Waals surface area contributed by atoms with Gasteiger partial charge in [0.25, 0.3) is 0 Å². The van der Waals surface area contributed by atoms with E-state index in [9.17, 15) is 4.79 Å². The molecule has 0 N–H and O–H groups in total. The molecule has 1 amide bonds. The van der Waals surface area contributed by atoms with Gasteiger partial charge in [0.05, 0.1) is 0 Å². The highest BCUT2D eigenvalue weighted by atomic mass is 16.6. The predicted molar refractivity (Wildman–Crippen MR) is 77.8 cm³/mol. The lowest BCUT2D eigenvalue weighted by molar-refractivity contribution is 0.0131. The van der Waals surface area contributed by atoms with Gasteiger partial charge in [-0.2, -0.15) is 0 Å². The molecule has 1 atom stereocenters. The number of rotatable bonds is 3. The van der Waals surface area contributed by atoms with Crippen molar-refractivity contribution >= 4 is 6.09 Å². The van der Waals surface area contributed by atoms with Crippen molar-refractivity contribution in [3.8, 4) is 12.3 Å². The molecule has 0 aromatic carbocycles. The predicted octanol–water partition coefficient (Wildman–Crippen LogP) is 3.83. The van der Waals surface area contributed by atoms with Crippen molar-refractivity contribution in [3.63, 3.8) is 0 Å². The van der Waals surface area contributed by atoms with Gasteiger partial charge in [0.15, 0.2) is 0 Å². The van der Waals surface area contributed by atoms with Gasteiger partial charge in [0.1, 0.15) is 5.60 Å². The maximum atomic E-state index is 12.2. The first-order chi connectivity index (χ1) is 8.65. The van der Waals surface area contributed by atoms with Crippen molar-refractivity contribution in [2.75, 3.05) is 6.54 Å². The van der Waals surface area contributed by atoms with Crippen LogP contribution in [-0.4, -0.2) is 28.7 Å². The number of unbranched alkanes of at least 4 members (excludes halogenated alkanes) is 1. The fourth-order valence-electron chi connectivity index (χ4n) is 2.71. The Hall–Kier alpha value is -1.17. The number of carbonyl (C=O) groups is 1. The molecule has 0 radical (unpaired) electrons. The van der Waals surface area contributed by atoms with Crippen LogP contribution in [0.15, 0.2) is 0 Å². The average molecular weight is 265 g/mol. The zero-order valence-corrected chi connectivity index (χ0v) is 13.0. The van der Waals surface area contributed by atoms with E-state index >= 15 is 0 Å². The first-order valence-electron chi connectivity index (χ1n) is 7.10. The molecule has 0 aromatic heterocycles. The van der Waals surface area contributed by atoms with E-state index in [1.165, 1.54) is 0 Å². The first kappa shape index (κ1) is 15.9. The summed E-state index contributed by atoms with van der Waals surface area (Å²) in [6, 6.07) is 0. The molecule has 1 aliphatic rings. The van der Waals surface area contributed by atoms with E-state index in [1.54, 1.807) is 0 Å². The van der Waals surface area contributed by atoms with Gasteiger partial charge < -0.3 is 9.64 Å². The number of carbonyl (C=O) groups excluding carboxylic acids is 1. The highest BCUT2D eigenvalue weighted by Gasteiger charge is 2.42. The van der Waals surface area contributed by atoms with Crippen LogP contribution in [0, 0.1) is 18.3 Å². The van der Waals surface area contributed by atoms with Gasteiger partial charge in [-0.15, -0.1) is 12.3 Å². The van der Waals surface area contributed by atoms with Crippen LogP contribution in [0.25, 0.3) is 0 Å². The molecule has 1 fully saturated rings. The lowest BCUT2D eigenvalue weighted by atomic mass is 9.93. The lowest BCUT2D eigenvalue weighted by Crippen LogP contribution is -2.45. The summed E-state index contributed by atoms with van der Waals surface area (Å²) in [5.74, 6) is 3.21. The number of terminal acetylenes is 1. The second kappa shape index (κ2) is 5.86. The third-order valence-corrected chi connectivity index (χ3v) is 3.51. The summed E-state index contributed by atoms with van der Waals surface area (Å²) in [6.45, 7) is 10.7. The molecule has 0 aromatic rings. The summed E-state index contributed by atoms with van der Waals surface area (Å²) in [6.07, 6.45) is 9.06. The summed E-state index contributed by atoms with van der Waals surface area (Å²) in [7, 11) is 0. The standard InChI is InChI=1S/C16H27NO2/c1-7-8-9-10-13-11-16(5,6)17(12-13)14(18)19-15(2,3)4/h1,13H,8-12H2,2-6H3. The fraction of sp³-hybridized carbons (Fsp3) is 0.812. The largest absolute Gasteiger partial charge is 0.444 e. The van der Waals surface area contributed by atoms with Crippen LogP contribution in [-0.2, 0) is 4.74 Å². The molecule has 108 valence electrons. The van der Waals surface area contributed by atoms with E-state index in [2.05, 4.69) is 19.8 Å². The van der Waals surface area contributed by atoms with Gasteiger partial charge >= 0.3 is 6.09 Å². The Balaban J connectivity index is 2.59. The van der Waals surface area contributed by atoms with Gasteiger partial charge in [0, 0.05) is 18.5 Å². The maximum Gasteiger partial charge on any atom is 0.410 e. The molecule has 0 spiro atoms. The molecule has 3 nitrogen and oxygen atoms in total. The van der Waals surface area contributed by atoms with Crippen molar-refractivity contribution in [1.29, 1.82) is 0 Å². The van der Waals surface area contributed by atoms with Crippen molar-refractivity contribution in [2.24, 2.45) is 5.92 Å². The summed E-state index contributed by atoms with van der Waals surface area (Å²) in [4.78, 5) is 14.1. The van der Waals surface area contributed by atoms with Crippen molar-refractivity contribution in [3.05, 3.63) is 0 Å². The quantitative estimate of drug-likeness (QED) is 0.573. The normalized spacial score (nSPS) is 22.1. The molecule has 1 rings (SSSR count). The Morgan fingerprint density at radius 1 is 1.47 bits per heavy atom. The second-order valence-electron chi connectivity index (χ2n) is 7.07. The second-order valence-corrected chi connectivity index (χ2v) is 7.07. The van der Waals surface area contributed by atoms with E-state index in [-0.39, 0.29) is 11.6 Å². The Bertz CT molecular complexity index is 360. The third kappa shape index (κ3) is 4.78. The summed E-state index contributed by atoms with van der Waals surface area (Å²) in [5, 5.41) is 0.